The predicted molar refractivity (Wildman–Crippen MR) is 87.9 cm³/mol. The van der Waals surface area contributed by atoms with Crippen LogP contribution >= 0.6 is 11.6 Å². The van der Waals surface area contributed by atoms with Crippen molar-refractivity contribution in [3.63, 3.8) is 0 Å². The van der Waals surface area contributed by atoms with E-state index in [1.54, 1.807) is 18.2 Å². The molecule has 0 spiro atoms. The summed E-state index contributed by atoms with van der Waals surface area (Å²) in [7, 11) is 0. The molecule has 0 unspecified atom stereocenters. The van der Waals surface area contributed by atoms with Gasteiger partial charge in [0.05, 0.1) is 17.0 Å². The van der Waals surface area contributed by atoms with Gasteiger partial charge in [-0.1, -0.05) is 17.7 Å². The number of urea groups is 1. The number of hydrogen-bond acceptors (Lipinski definition) is 2. The Labute approximate surface area is 145 Å². The molecular formula is C16H11ClF3N3O2. The molecule has 1 heterocycles. The summed E-state index contributed by atoms with van der Waals surface area (Å²) in [4.78, 5) is 23.3. The summed E-state index contributed by atoms with van der Waals surface area (Å²) in [5.74, 6) is -0.141. The fourth-order valence-electron chi connectivity index (χ4n) is 2.41. The Hall–Kier alpha value is -2.74. The molecule has 0 radical (unpaired) electrons. The van der Waals surface area contributed by atoms with Crippen molar-refractivity contribution in [3.8, 4) is 0 Å². The molecule has 0 aromatic heterocycles. The van der Waals surface area contributed by atoms with E-state index in [1.165, 1.54) is 6.07 Å². The minimum atomic E-state index is -4.62. The van der Waals surface area contributed by atoms with Gasteiger partial charge in [-0.05, 0) is 35.9 Å². The van der Waals surface area contributed by atoms with E-state index in [4.69, 9.17) is 11.6 Å². The van der Waals surface area contributed by atoms with Gasteiger partial charge in [0.15, 0.2) is 0 Å². The fourth-order valence-corrected chi connectivity index (χ4v) is 2.63. The molecular weight excluding hydrogens is 359 g/mol. The Balaban J connectivity index is 1.71. The standard InChI is InChI=1S/C16H11ClF3N3O2/c17-12-4-3-9(6-11(12)16(18,19)20)21-15(25)22-10-2-1-8-5-14(24)23-13(8)7-10/h1-4,6-7H,5H2,(H,23,24)(H2,21,22,25). The van der Waals surface area contributed by atoms with Gasteiger partial charge in [0.25, 0.3) is 0 Å². The molecule has 0 saturated carbocycles. The quantitative estimate of drug-likeness (QED) is 0.729. The molecule has 0 aliphatic carbocycles. The Kier molecular flexibility index (Phi) is 4.30. The van der Waals surface area contributed by atoms with Crippen LogP contribution in [0.1, 0.15) is 11.1 Å². The number of carbonyl (C=O) groups excluding carboxylic acids is 2. The van der Waals surface area contributed by atoms with Crippen LogP contribution in [0.5, 0.6) is 0 Å². The maximum atomic E-state index is 12.8. The summed E-state index contributed by atoms with van der Waals surface area (Å²) < 4.78 is 38.5. The third-order valence-electron chi connectivity index (χ3n) is 3.52. The van der Waals surface area contributed by atoms with Crippen molar-refractivity contribution >= 4 is 40.6 Å². The van der Waals surface area contributed by atoms with Gasteiger partial charge in [0.2, 0.25) is 5.91 Å². The van der Waals surface area contributed by atoms with Crippen LogP contribution in [0, 0.1) is 0 Å². The van der Waals surface area contributed by atoms with Crippen LogP contribution in [0.4, 0.5) is 35.0 Å². The second-order valence-corrected chi connectivity index (χ2v) is 5.78. The van der Waals surface area contributed by atoms with Crippen molar-refractivity contribution in [3.05, 3.63) is 52.5 Å². The zero-order valence-corrected chi connectivity index (χ0v) is 13.3. The van der Waals surface area contributed by atoms with Crippen molar-refractivity contribution in [2.45, 2.75) is 12.6 Å². The van der Waals surface area contributed by atoms with Crippen LogP contribution in [0.15, 0.2) is 36.4 Å². The van der Waals surface area contributed by atoms with Crippen molar-refractivity contribution < 1.29 is 22.8 Å². The Morgan fingerprint density at radius 3 is 2.40 bits per heavy atom. The fraction of sp³-hybridized carbons (Fsp3) is 0.125. The van der Waals surface area contributed by atoms with Gasteiger partial charge in [-0.3, -0.25) is 4.79 Å². The van der Waals surface area contributed by atoms with Crippen LogP contribution in [-0.2, 0) is 17.4 Å². The summed E-state index contributed by atoms with van der Waals surface area (Å²) in [6.07, 6.45) is -4.35. The first kappa shape index (κ1) is 17.1. The Morgan fingerprint density at radius 2 is 1.72 bits per heavy atom. The molecule has 5 nitrogen and oxygen atoms in total. The maximum Gasteiger partial charge on any atom is 0.417 e. The van der Waals surface area contributed by atoms with Gasteiger partial charge in [0, 0.05) is 17.1 Å². The molecule has 3 amide bonds. The molecule has 1 aliphatic rings. The molecule has 0 saturated heterocycles. The zero-order chi connectivity index (χ0) is 18.2. The first-order valence-electron chi connectivity index (χ1n) is 7.10. The topological polar surface area (TPSA) is 70.2 Å². The number of rotatable bonds is 2. The lowest BCUT2D eigenvalue weighted by Gasteiger charge is -2.12. The van der Waals surface area contributed by atoms with Crippen molar-refractivity contribution in [1.29, 1.82) is 0 Å². The SMILES string of the molecule is O=C1Cc2ccc(NC(=O)Nc3ccc(Cl)c(C(F)(F)F)c3)cc2N1. The van der Waals surface area contributed by atoms with E-state index >= 15 is 0 Å². The van der Waals surface area contributed by atoms with Crippen LogP contribution < -0.4 is 16.0 Å². The number of nitrogens with one attached hydrogen (secondary N) is 3. The third kappa shape index (κ3) is 3.85. The van der Waals surface area contributed by atoms with Crippen LogP contribution in [0.3, 0.4) is 0 Å². The molecule has 0 fully saturated rings. The summed E-state index contributed by atoms with van der Waals surface area (Å²) in [6.45, 7) is 0. The van der Waals surface area contributed by atoms with E-state index in [0.29, 0.717) is 11.4 Å². The first-order chi connectivity index (χ1) is 11.7. The van der Waals surface area contributed by atoms with Crippen molar-refractivity contribution in [2.75, 3.05) is 16.0 Å². The van der Waals surface area contributed by atoms with Gasteiger partial charge < -0.3 is 16.0 Å². The third-order valence-corrected chi connectivity index (χ3v) is 3.85. The lowest BCUT2D eigenvalue weighted by Crippen LogP contribution is -2.20. The van der Waals surface area contributed by atoms with Crippen LogP contribution in [0.2, 0.25) is 5.02 Å². The number of halogens is 4. The second-order valence-electron chi connectivity index (χ2n) is 5.37. The highest BCUT2D eigenvalue weighted by molar-refractivity contribution is 6.31. The molecule has 25 heavy (non-hydrogen) atoms. The second kappa shape index (κ2) is 6.29. The van der Waals surface area contributed by atoms with Crippen molar-refractivity contribution in [2.24, 2.45) is 0 Å². The first-order valence-corrected chi connectivity index (χ1v) is 7.48. The van der Waals surface area contributed by atoms with Gasteiger partial charge in [-0.15, -0.1) is 0 Å². The number of alkyl halides is 3. The molecule has 3 N–H and O–H groups in total. The summed E-state index contributed by atoms with van der Waals surface area (Å²) in [6, 6.07) is 7.22. The monoisotopic (exact) mass is 369 g/mol. The van der Waals surface area contributed by atoms with E-state index < -0.39 is 22.8 Å². The number of benzene rings is 2. The average molecular weight is 370 g/mol. The lowest BCUT2D eigenvalue weighted by atomic mass is 10.1. The number of fused-ring (bicyclic) bond motifs is 1. The highest BCUT2D eigenvalue weighted by Crippen LogP contribution is 2.36. The van der Waals surface area contributed by atoms with Gasteiger partial charge >= 0.3 is 12.2 Å². The predicted octanol–water partition coefficient (Wildman–Crippen LogP) is 4.50. The van der Waals surface area contributed by atoms with E-state index in [2.05, 4.69) is 16.0 Å². The lowest BCUT2D eigenvalue weighted by molar-refractivity contribution is -0.137. The van der Waals surface area contributed by atoms with E-state index in [0.717, 1.165) is 17.7 Å². The molecule has 130 valence electrons. The largest absolute Gasteiger partial charge is 0.417 e. The average Bonchev–Trinajstić information content (AvgIpc) is 2.87. The van der Waals surface area contributed by atoms with Gasteiger partial charge in [0.1, 0.15) is 0 Å². The summed E-state index contributed by atoms with van der Waals surface area (Å²) >= 11 is 5.53. The van der Waals surface area contributed by atoms with Gasteiger partial charge in [-0.25, -0.2) is 4.79 Å². The maximum absolute atomic E-state index is 12.8. The molecule has 0 bridgehead atoms. The van der Waals surface area contributed by atoms with E-state index in [9.17, 15) is 22.8 Å². The highest BCUT2D eigenvalue weighted by Gasteiger charge is 2.33. The number of anilines is 3. The molecule has 3 rings (SSSR count). The highest BCUT2D eigenvalue weighted by atomic mass is 35.5. The van der Waals surface area contributed by atoms with Crippen LogP contribution in [0.25, 0.3) is 0 Å². The smallest absolute Gasteiger partial charge is 0.325 e. The molecule has 9 heteroatoms. The Morgan fingerprint density at radius 1 is 1.08 bits per heavy atom. The Bertz CT molecular complexity index is 868. The molecule has 0 atom stereocenters. The van der Waals surface area contributed by atoms with E-state index in [1.807, 2.05) is 0 Å². The molecule has 1 aliphatic heterocycles. The molecule has 2 aromatic carbocycles. The van der Waals surface area contributed by atoms with Crippen LogP contribution in [-0.4, -0.2) is 11.9 Å². The zero-order valence-electron chi connectivity index (χ0n) is 12.5. The number of carbonyl (C=O) groups is 2. The van der Waals surface area contributed by atoms with Gasteiger partial charge in [-0.2, -0.15) is 13.2 Å². The summed E-state index contributed by atoms with van der Waals surface area (Å²) in [5.41, 5.74) is 0.705. The minimum absolute atomic E-state index is 0.0521. The van der Waals surface area contributed by atoms with Crippen molar-refractivity contribution in [1.82, 2.24) is 0 Å². The minimum Gasteiger partial charge on any atom is -0.325 e. The number of amides is 3. The molecule has 2 aromatic rings. The van der Waals surface area contributed by atoms with E-state index in [-0.39, 0.29) is 18.0 Å². The summed E-state index contributed by atoms with van der Waals surface area (Å²) in [5, 5.41) is 6.99. The number of hydrogen-bond donors (Lipinski definition) is 3. The normalized spacial score (nSPS) is 13.2.